The fraction of sp³-hybridized carbons (Fsp3) is 0. The van der Waals surface area contributed by atoms with E-state index >= 15 is 0 Å². The predicted molar refractivity (Wildman–Crippen MR) is 83.8 cm³/mol. The minimum atomic E-state index is -3.72. The van der Waals surface area contributed by atoms with E-state index in [-0.39, 0.29) is 5.95 Å². The maximum Gasteiger partial charge on any atom is 0.258 e. The normalized spacial score (nSPS) is 12.0. The Morgan fingerprint density at radius 3 is 2.73 bits per heavy atom. The second-order valence-electron chi connectivity index (χ2n) is 4.30. The third-order valence-electron chi connectivity index (χ3n) is 2.66. The summed E-state index contributed by atoms with van der Waals surface area (Å²) in [5.41, 5.74) is 0.708. The monoisotopic (exact) mass is 335 g/mol. The third kappa shape index (κ3) is 3.41. The number of sulfonamides is 1. The summed E-state index contributed by atoms with van der Waals surface area (Å²) in [5, 5.41) is 5.59. The van der Waals surface area contributed by atoms with E-state index in [1.54, 1.807) is 42.7 Å². The molecule has 0 aliphatic heterocycles. The van der Waals surface area contributed by atoms with E-state index in [9.17, 15) is 8.42 Å². The Morgan fingerprint density at radius 1 is 1.23 bits per heavy atom. The van der Waals surface area contributed by atoms with Crippen LogP contribution in [0, 0.1) is 0 Å². The number of fused-ring (bicyclic) bond motifs is 1. The molecule has 22 heavy (non-hydrogen) atoms. The average Bonchev–Trinajstić information content (AvgIpc) is 2.88. The van der Waals surface area contributed by atoms with Crippen molar-refractivity contribution in [1.29, 1.82) is 0 Å². The molecule has 1 aromatic carbocycles. The summed E-state index contributed by atoms with van der Waals surface area (Å²) in [6.07, 6.45) is 4.62. The molecule has 0 aliphatic carbocycles. The van der Waals surface area contributed by atoms with Crippen LogP contribution >= 0.6 is 11.6 Å². The molecule has 9 heteroatoms. The zero-order chi connectivity index (χ0) is 15.6. The van der Waals surface area contributed by atoms with Gasteiger partial charge in [0.05, 0.1) is 5.41 Å². The number of halogens is 1. The van der Waals surface area contributed by atoms with Gasteiger partial charge in [0.2, 0.25) is 0 Å². The number of rotatable bonds is 4. The van der Waals surface area contributed by atoms with Crippen molar-refractivity contribution >= 4 is 39.4 Å². The van der Waals surface area contributed by atoms with Gasteiger partial charge in [-0.1, -0.05) is 23.7 Å². The molecule has 0 spiro atoms. The second kappa shape index (κ2) is 5.74. The summed E-state index contributed by atoms with van der Waals surface area (Å²) in [5.74, 6) is 0.265. The van der Waals surface area contributed by atoms with Gasteiger partial charge in [-0.25, -0.2) is 22.6 Å². The van der Waals surface area contributed by atoms with Gasteiger partial charge in [0.25, 0.3) is 21.7 Å². The summed E-state index contributed by atoms with van der Waals surface area (Å²) in [7, 11) is -3.72. The third-order valence-corrected chi connectivity index (χ3v) is 3.87. The molecule has 3 rings (SSSR count). The molecule has 2 aromatic heterocycles. The summed E-state index contributed by atoms with van der Waals surface area (Å²) in [6.45, 7) is 0. The molecule has 0 radical (unpaired) electrons. The molecule has 7 nitrogen and oxygen atoms in total. The van der Waals surface area contributed by atoms with E-state index in [1.165, 1.54) is 10.6 Å². The van der Waals surface area contributed by atoms with E-state index in [1.807, 2.05) is 0 Å². The second-order valence-corrected chi connectivity index (χ2v) is 6.30. The fourth-order valence-electron chi connectivity index (χ4n) is 1.68. The van der Waals surface area contributed by atoms with E-state index in [0.29, 0.717) is 16.4 Å². The van der Waals surface area contributed by atoms with Crippen LogP contribution < -0.4 is 4.72 Å². The average molecular weight is 336 g/mol. The summed E-state index contributed by atoms with van der Waals surface area (Å²) in [6, 6.07) is 8.44. The van der Waals surface area contributed by atoms with E-state index in [4.69, 9.17) is 11.6 Å². The topological polar surface area (TPSA) is 89.2 Å². The standard InChI is InChI=1S/C13H10ClN5O2S/c14-11-4-2-10(3-5-11)6-9-22(20,21)18-12-16-13-15-7-1-8-19(13)17-12/h1-9H,(H,17,18)/b9-6+. The highest BCUT2D eigenvalue weighted by Gasteiger charge is 2.10. The Balaban J connectivity index is 1.79. The minimum Gasteiger partial charge on any atom is -0.246 e. The summed E-state index contributed by atoms with van der Waals surface area (Å²) >= 11 is 5.77. The number of hydrogen-bond donors (Lipinski definition) is 1. The first-order chi connectivity index (χ1) is 10.5. The van der Waals surface area contributed by atoms with Gasteiger partial charge in [-0.2, -0.15) is 4.98 Å². The van der Waals surface area contributed by atoms with Crippen molar-refractivity contribution in [1.82, 2.24) is 19.6 Å². The van der Waals surface area contributed by atoms with Crippen LogP contribution in [-0.2, 0) is 10.0 Å². The molecule has 2 heterocycles. The van der Waals surface area contributed by atoms with Gasteiger partial charge in [-0.3, -0.25) is 0 Å². The van der Waals surface area contributed by atoms with E-state index < -0.39 is 10.0 Å². The van der Waals surface area contributed by atoms with Crippen molar-refractivity contribution in [3.05, 3.63) is 58.7 Å². The molecule has 0 aliphatic rings. The van der Waals surface area contributed by atoms with Crippen LogP contribution in [0.15, 0.2) is 48.1 Å². The molecule has 0 amide bonds. The smallest absolute Gasteiger partial charge is 0.246 e. The largest absolute Gasteiger partial charge is 0.258 e. The van der Waals surface area contributed by atoms with Gasteiger partial charge in [0.15, 0.2) is 0 Å². The zero-order valence-electron chi connectivity index (χ0n) is 11.1. The molecule has 0 atom stereocenters. The van der Waals surface area contributed by atoms with Crippen molar-refractivity contribution < 1.29 is 8.42 Å². The molecular formula is C13H10ClN5O2S. The molecule has 0 bridgehead atoms. The van der Waals surface area contributed by atoms with Gasteiger partial charge in [-0.15, -0.1) is 5.10 Å². The Hall–Kier alpha value is -2.45. The highest BCUT2D eigenvalue weighted by Crippen LogP contribution is 2.12. The van der Waals surface area contributed by atoms with Crippen LogP contribution in [0.2, 0.25) is 5.02 Å². The first-order valence-electron chi connectivity index (χ1n) is 6.16. The molecule has 0 saturated heterocycles. The van der Waals surface area contributed by atoms with Crippen LogP contribution in [0.1, 0.15) is 5.56 Å². The maximum absolute atomic E-state index is 12.0. The van der Waals surface area contributed by atoms with Crippen molar-refractivity contribution in [3.8, 4) is 0 Å². The van der Waals surface area contributed by atoms with Crippen LogP contribution in [0.5, 0.6) is 0 Å². The van der Waals surface area contributed by atoms with Gasteiger partial charge in [0, 0.05) is 17.4 Å². The van der Waals surface area contributed by atoms with Crippen molar-refractivity contribution in [2.24, 2.45) is 0 Å². The minimum absolute atomic E-state index is 0.0422. The van der Waals surface area contributed by atoms with Crippen LogP contribution in [0.4, 0.5) is 5.95 Å². The van der Waals surface area contributed by atoms with Crippen LogP contribution in [0.3, 0.4) is 0 Å². The first-order valence-corrected chi connectivity index (χ1v) is 8.08. The highest BCUT2D eigenvalue weighted by atomic mass is 35.5. The number of benzene rings is 1. The lowest BCUT2D eigenvalue weighted by Crippen LogP contribution is -2.10. The van der Waals surface area contributed by atoms with E-state index in [0.717, 1.165) is 5.41 Å². The first kappa shape index (κ1) is 14.5. The Kier molecular flexibility index (Phi) is 3.78. The lowest BCUT2D eigenvalue weighted by molar-refractivity contribution is 0.609. The molecule has 0 fully saturated rings. The van der Waals surface area contributed by atoms with Crippen LogP contribution in [-0.4, -0.2) is 28.0 Å². The van der Waals surface area contributed by atoms with Crippen molar-refractivity contribution in [2.75, 3.05) is 4.72 Å². The van der Waals surface area contributed by atoms with Crippen LogP contribution in [0.25, 0.3) is 11.9 Å². The number of anilines is 1. The molecule has 3 aromatic rings. The van der Waals surface area contributed by atoms with Crippen molar-refractivity contribution in [3.63, 3.8) is 0 Å². The van der Waals surface area contributed by atoms with Gasteiger partial charge >= 0.3 is 0 Å². The number of nitrogens with zero attached hydrogens (tertiary/aromatic N) is 4. The SMILES string of the molecule is O=S(=O)(/C=C/c1ccc(Cl)cc1)Nc1nc2ncccn2n1. The van der Waals surface area contributed by atoms with E-state index in [2.05, 4.69) is 19.8 Å². The summed E-state index contributed by atoms with van der Waals surface area (Å²) in [4.78, 5) is 7.92. The number of aromatic nitrogens is 4. The Morgan fingerprint density at radius 2 is 2.00 bits per heavy atom. The number of hydrogen-bond acceptors (Lipinski definition) is 5. The van der Waals surface area contributed by atoms with Gasteiger partial charge in [-0.05, 0) is 29.8 Å². The lowest BCUT2D eigenvalue weighted by Gasteiger charge is -1.98. The van der Waals surface area contributed by atoms with Gasteiger partial charge in [0.1, 0.15) is 0 Å². The molecule has 112 valence electrons. The molecule has 0 saturated carbocycles. The summed E-state index contributed by atoms with van der Waals surface area (Å²) < 4.78 is 27.6. The van der Waals surface area contributed by atoms with Crippen molar-refractivity contribution in [2.45, 2.75) is 0 Å². The molecule has 1 N–H and O–H groups in total. The predicted octanol–water partition coefficient (Wildman–Crippen LogP) is 2.19. The fourth-order valence-corrected chi connectivity index (χ4v) is 2.55. The highest BCUT2D eigenvalue weighted by molar-refractivity contribution is 7.95. The Bertz CT molecular complexity index is 901. The zero-order valence-corrected chi connectivity index (χ0v) is 12.7. The molecule has 0 unspecified atom stereocenters. The number of nitrogens with one attached hydrogen (secondary N) is 1. The maximum atomic E-state index is 12.0. The quantitative estimate of drug-likeness (QED) is 0.789. The van der Waals surface area contributed by atoms with Gasteiger partial charge < -0.3 is 0 Å². The lowest BCUT2D eigenvalue weighted by atomic mass is 10.2. The molecular weight excluding hydrogens is 326 g/mol. The Labute approximate surface area is 131 Å².